The molecule has 1 heteroatoms. The maximum Gasteiger partial charge on any atom is 0.0726 e. The topological polar surface area (TPSA) is 3.24 Å². The molecule has 1 saturated carbocycles. The summed E-state index contributed by atoms with van der Waals surface area (Å²) in [4.78, 5) is 2.57. The lowest BCUT2D eigenvalue weighted by Gasteiger charge is -2.33. The molecule has 1 fully saturated rings. The van der Waals surface area contributed by atoms with Crippen LogP contribution in [0.2, 0.25) is 0 Å². The summed E-state index contributed by atoms with van der Waals surface area (Å²) in [5, 5.41) is 0. The highest BCUT2D eigenvalue weighted by atomic mass is 15.1. The average Bonchev–Trinajstić information content (AvgIpc) is 4.00. The first-order chi connectivity index (χ1) is 27.7. The van der Waals surface area contributed by atoms with Gasteiger partial charge in [0.1, 0.15) is 0 Å². The summed E-state index contributed by atoms with van der Waals surface area (Å²) in [5.74, 6) is 0.586. The SMILES string of the molecule is CC1C=C2C(=CC1)c1ccc(N(c3ccc4c(c3)C3(c5ccccc5-c5ccccc53)c3ccccc3-4)c3ccccc3-c3ccccc3)cc1C21CCCC1. The number of allylic oxidation sites excluding steroid dienone is 4. The molecule has 0 amide bonds. The fraction of sp³-hybridized carbons (Fsp3) is 0.164. The molecule has 7 aromatic carbocycles. The van der Waals surface area contributed by atoms with Gasteiger partial charge in [-0.25, -0.2) is 0 Å². The lowest BCUT2D eigenvalue weighted by molar-refractivity contribution is 0.539. The Kier molecular flexibility index (Phi) is 6.83. The largest absolute Gasteiger partial charge is 0.310 e. The summed E-state index contributed by atoms with van der Waals surface area (Å²) >= 11 is 0. The Hall–Kier alpha value is -6.18. The lowest BCUT2D eigenvalue weighted by atomic mass is 9.70. The van der Waals surface area contributed by atoms with E-state index in [9.17, 15) is 0 Å². The fourth-order valence-electron chi connectivity index (χ4n) is 11.7. The number of para-hydroxylation sites is 1. The van der Waals surface area contributed by atoms with E-state index in [4.69, 9.17) is 0 Å². The second-order valence-electron chi connectivity index (χ2n) is 16.8. The molecule has 7 aromatic rings. The Bertz CT molecular complexity index is 2750. The normalized spacial score (nSPS) is 18.4. The van der Waals surface area contributed by atoms with Gasteiger partial charge in [-0.15, -0.1) is 0 Å². The molecule has 0 bridgehead atoms. The van der Waals surface area contributed by atoms with Gasteiger partial charge in [0.25, 0.3) is 0 Å². The summed E-state index contributed by atoms with van der Waals surface area (Å²) < 4.78 is 0. The van der Waals surface area contributed by atoms with Crippen LogP contribution in [0.4, 0.5) is 17.1 Å². The molecule has 56 heavy (non-hydrogen) atoms. The Morgan fingerprint density at radius 1 is 0.482 bits per heavy atom. The average molecular weight is 718 g/mol. The number of benzene rings is 7. The number of fused-ring (bicyclic) bond motifs is 15. The van der Waals surface area contributed by atoms with Crippen LogP contribution in [-0.4, -0.2) is 0 Å². The highest BCUT2D eigenvalue weighted by molar-refractivity contribution is 5.98. The molecule has 0 heterocycles. The highest BCUT2D eigenvalue weighted by Crippen LogP contribution is 2.64. The van der Waals surface area contributed by atoms with Crippen molar-refractivity contribution in [3.63, 3.8) is 0 Å². The molecule has 2 spiro atoms. The second-order valence-corrected chi connectivity index (χ2v) is 16.8. The molecule has 1 unspecified atom stereocenters. The minimum Gasteiger partial charge on any atom is -0.310 e. The quantitative estimate of drug-likeness (QED) is 0.175. The van der Waals surface area contributed by atoms with E-state index in [0.29, 0.717) is 5.92 Å². The van der Waals surface area contributed by atoms with Crippen LogP contribution in [-0.2, 0) is 10.8 Å². The molecule has 0 N–H and O–H groups in total. The van der Waals surface area contributed by atoms with E-state index in [1.54, 1.807) is 5.57 Å². The van der Waals surface area contributed by atoms with Crippen LogP contribution in [0.3, 0.4) is 0 Å². The zero-order valence-corrected chi connectivity index (χ0v) is 31.8. The molecule has 5 aliphatic carbocycles. The third kappa shape index (κ3) is 4.21. The van der Waals surface area contributed by atoms with Gasteiger partial charge < -0.3 is 4.90 Å². The van der Waals surface area contributed by atoms with Crippen LogP contribution >= 0.6 is 0 Å². The third-order valence-electron chi connectivity index (χ3n) is 13.9. The molecule has 0 aliphatic heterocycles. The summed E-state index contributed by atoms with van der Waals surface area (Å²) in [6.07, 6.45) is 11.3. The van der Waals surface area contributed by atoms with Gasteiger partial charge in [-0.05, 0) is 128 Å². The minimum absolute atomic E-state index is 0.109. The fourth-order valence-corrected chi connectivity index (χ4v) is 11.7. The summed E-state index contributed by atoms with van der Waals surface area (Å²) in [6, 6.07) is 62.1. The number of hydrogen-bond donors (Lipinski definition) is 0. The predicted octanol–water partition coefficient (Wildman–Crippen LogP) is 14.3. The predicted molar refractivity (Wildman–Crippen MR) is 233 cm³/mol. The first-order valence-corrected chi connectivity index (χ1v) is 20.6. The van der Waals surface area contributed by atoms with Gasteiger partial charge in [0.15, 0.2) is 0 Å². The van der Waals surface area contributed by atoms with Crippen molar-refractivity contribution in [2.24, 2.45) is 5.92 Å². The minimum atomic E-state index is -0.406. The lowest BCUT2D eigenvalue weighted by Crippen LogP contribution is -2.26. The molecule has 1 nitrogen and oxygen atoms in total. The number of hydrogen-bond acceptors (Lipinski definition) is 1. The van der Waals surface area contributed by atoms with Gasteiger partial charge in [-0.2, -0.15) is 0 Å². The van der Waals surface area contributed by atoms with Gasteiger partial charge in [0, 0.05) is 22.4 Å². The van der Waals surface area contributed by atoms with E-state index in [2.05, 4.69) is 188 Å². The van der Waals surface area contributed by atoms with Gasteiger partial charge in [0.2, 0.25) is 0 Å². The molecule has 268 valence electrons. The number of rotatable bonds is 4. The first-order valence-electron chi connectivity index (χ1n) is 20.6. The first kappa shape index (κ1) is 32.1. The Labute approximate surface area is 330 Å². The Morgan fingerprint density at radius 3 is 1.64 bits per heavy atom. The van der Waals surface area contributed by atoms with Gasteiger partial charge in [-0.3, -0.25) is 0 Å². The van der Waals surface area contributed by atoms with E-state index >= 15 is 0 Å². The van der Waals surface area contributed by atoms with E-state index in [1.165, 1.54) is 115 Å². The van der Waals surface area contributed by atoms with Crippen LogP contribution in [0, 0.1) is 5.92 Å². The van der Waals surface area contributed by atoms with Gasteiger partial charge >= 0.3 is 0 Å². The van der Waals surface area contributed by atoms with Crippen molar-refractivity contribution in [3.05, 3.63) is 215 Å². The number of anilines is 3. The maximum absolute atomic E-state index is 2.62. The van der Waals surface area contributed by atoms with Crippen LogP contribution in [0.1, 0.15) is 72.4 Å². The van der Waals surface area contributed by atoms with Crippen LogP contribution in [0.25, 0.3) is 39.0 Å². The van der Waals surface area contributed by atoms with Crippen LogP contribution in [0.5, 0.6) is 0 Å². The van der Waals surface area contributed by atoms with Gasteiger partial charge in [-0.1, -0.05) is 165 Å². The molecule has 0 radical (unpaired) electrons. The molecule has 1 atom stereocenters. The highest BCUT2D eigenvalue weighted by Gasteiger charge is 2.52. The zero-order valence-electron chi connectivity index (χ0n) is 31.8. The molecular weight excluding hydrogens is 675 g/mol. The van der Waals surface area contributed by atoms with Crippen molar-refractivity contribution in [2.75, 3.05) is 4.90 Å². The third-order valence-corrected chi connectivity index (χ3v) is 13.9. The van der Waals surface area contributed by atoms with E-state index in [0.717, 1.165) is 6.42 Å². The van der Waals surface area contributed by atoms with Crippen LogP contribution in [0.15, 0.2) is 182 Å². The standard InChI is InChI=1S/C55H43N/c1-36-25-28-44-45-29-26-38(34-51(45)54(50(44)33-36)31-13-14-32-54)56(53-24-12-8-17-40(53)37-15-3-2-4-16-37)39-27-30-46-43-20-7-11-23-49(43)55(52(46)35-39)47-21-9-5-18-41(47)42-19-6-10-22-48(42)55/h2-12,15-24,26-30,33-36H,13-14,25,31-32H2,1H3. The molecular formula is C55H43N. The smallest absolute Gasteiger partial charge is 0.0726 e. The van der Waals surface area contributed by atoms with Crippen molar-refractivity contribution in [3.8, 4) is 33.4 Å². The van der Waals surface area contributed by atoms with Gasteiger partial charge in [0.05, 0.1) is 11.1 Å². The molecule has 0 aromatic heterocycles. The van der Waals surface area contributed by atoms with Crippen molar-refractivity contribution in [2.45, 2.75) is 49.9 Å². The van der Waals surface area contributed by atoms with E-state index in [1.807, 2.05) is 0 Å². The Morgan fingerprint density at radius 2 is 1.00 bits per heavy atom. The van der Waals surface area contributed by atoms with E-state index < -0.39 is 5.41 Å². The second kappa shape index (κ2) is 11.9. The van der Waals surface area contributed by atoms with Crippen LogP contribution < -0.4 is 4.90 Å². The maximum atomic E-state index is 2.62. The van der Waals surface area contributed by atoms with Crippen molar-refractivity contribution >= 4 is 22.6 Å². The molecule has 5 aliphatic rings. The molecule has 0 saturated heterocycles. The summed E-state index contributed by atoms with van der Waals surface area (Å²) in [7, 11) is 0. The number of nitrogens with zero attached hydrogens (tertiary/aromatic N) is 1. The zero-order chi connectivity index (χ0) is 37.0. The van der Waals surface area contributed by atoms with Crippen molar-refractivity contribution in [1.29, 1.82) is 0 Å². The summed E-state index contributed by atoms with van der Waals surface area (Å²) in [5.41, 5.74) is 22.7. The monoisotopic (exact) mass is 717 g/mol. The van der Waals surface area contributed by atoms with Crippen molar-refractivity contribution < 1.29 is 0 Å². The molecule has 12 rings (SSSR count). The van der Waals surface area contributed by atoms with E-state index in [-0.39, 0.29) is 5.41 Å². The van der Waals surface area contributed by atoms with Crippen molar-refractivity contribution in [1.82, 2.24) is 0 Å². The Balaban J connectivity index is 1.13. The summed E-state index contributed by atoms with van der Waals surface area (Å²) in [6.45, 7) is 2.39.